The Bertz CT molecular complexity index is 1010. The summed E-state index contributed by atoms with van der Waals surface area (Å²) in [4.78, 5) is 11.3. The van der Waals surface area contributed by atoms with Crippen LogP contribution in [0.4, 0.5) is 8.78 Å². The molecule has 27 heavy (non-hydrogen) atoms. The van der Waals surface area contributed by atoms with E-state index in [1.54, 1.807) is 18.2 Å². The highest BCUT2D eigenvalue weighted by Crippen LogP contribution is 2.29. The minimum atomic E-state index is -0.595. The number of carbonyl (C=O) groups is 1. The number of benzene rings is 2. The van der Waals surface area contributed by atoms with Crippen molar-refractivity contribution >= 4 is 5.78 Å². The number of hydrogen-bond acceptors (Lipinski definition) is 3. The molecule has 0 N–H and O–H groups in total. The van der Waals surface area contributed by atoms with Gasteiger partial charge >= 0.3 is 0 Å². The Labute approximate surface area is 155 Å². The van der Waals surface area contributed by atoms with Gasteiger partial charge in [-0.1, -0.05) is 0 Å². The van der Waals surface area contributed by atoms with Crippen LogP contribution in [0.1, 0.15) is 40.7 Å². The molecular formula is C21H18F2N2O2. The quantitative estimate of drug-likeness (QED) is 0.626. The second-order valence-electron chi connectivity index (χ2n) is 6.60. The van der Waals surface area contributed by atoms with E-state index in [-0.39, 0.29) is 23.8 Å². The molecule has 0 aliphatic heterocycles. The molecule has 0 radical (unpaired) electrons. The number of nitrogens with zero attached hydrogens (tertiary/aromatic N) is 2. The summed E-state index contributed by atoms with van der Waals surface area (Å²) >= 11 is 0. The Kier molecular flexibility index (Phi) is 4.48. The van der Waals surface area contributed by atoms with E-state index in [4.69, 9.17) is 4.74 Å². The van der Waals surface area contributed by atoms with Gasteiger partial charge in [0, 0.05) is 17.3 Å². The van der Waals surface area contributed by atoms with Crippen molar-refractivity contribution in [2.75, 3.05) is 0 Å². The molecule has 6 heteroatoms. The number of rotatable bonds is 5. The molecule has 1 heterocycles. The summed E-state index contributed by atoms with van der Waals surface area (Å²) in [6.45, 7) is 1.53. The van der Waals surface area contributed by atoms with Crippen molar-refractivity contribution in [3.8, 4) is 11.4 Å². The smallest absolute Gasteiger partial charge is 0.162 e. The molecule has 0 atom stereocenters. The van der Waals surface area contributed by atoms with Crippen LogP contribution in [0.3, 0.4) is 0 Å². The Morgan fingerprint density at radius 1 is 1.15 bits per heavy atom. The van der Waals surface area contributed by atoms with Crippen LogP contribution >= 0.6 is 0 Å². The predicted octanol–water partition coefficient (Wildman–Crippen LogP) is 4.42. The molecule has 1 aliphatic rings. The third kappa shape index (κ3) is 3.35. The van der Waals surface area contributed by atoms with Crippen molar-refractivity contribution in [3.05, 3.63) is 76.6 Å². The molecule has 1 aromatic heterocycles. The molecule has 0 amide bonds. The van der Waals surface area contributed by atoms with Gasteiger partial charge in [-0.15, -0.1) is 0 Å². The van der Waals surface area contributed by atoms with Gasteiger partial charge in [0.25, 0.3) is 0 Å². The van der Waals surface area contributed by atoms with Crippen LogP contribution in [-0.2, 0) is 19.4 Å². The summed E-state index contributed by atoms with van der Waals surface area (Å²) in [6, 6.07) is 10.4. The second-order valence-corrected chi connectivity index (χ2v) is 6.60. The molecular weight excluding hydrogens is 350 g/mol. The monoisotopic (exact) mass is 368 g/mol. The van der Waals surface area contributed by atoms with Gasteiger partial charge in [-0.05, 0) is 62.6 Å². The SMILES string of the molecule is CC(=O)c1ccc(OCc2nn(-c3ccc(F)cc3)c3c2CCC3)cc1F. The van der Waals surface area contributed by atoms with E-state index in [0.29, 0.717) is 5.75 Å². The number of carbonyl (C=O) groups excluding carboxylic acids is 1. The van der Waals surface area contributed by atoms with Crippen molar-refractivity contribution in [1.29, 1.82) is 0 Å². The molecule has 4 nitrogen and oxygen atoms in total. The van der Waals surface area contributed by atoms with Gasteiger partial charge in [0.1, 0.15) is 29.7 Å². The molecule has 1 aliphatic carbocycles. The van der Waals surface area contributed by atoms with Crippen LogP contribution in [0.5, 0.6) is 5.75 Å². The fourth-order valence-electron chi connectivity index (χ4n) is 3.45. The van der Waals surface area contributed by atoms with Crippen LogP contribution < -0.4 is 4.74 Å². The minimum absolute atomic E-state index is 0.0452. The van der Waals surface area contributed by atoms with Crippen LogP contribution in [-0.4, -0.2) is 15.6 Å². The molecule has 0 fully saturated rings. The molecule has 2 aromatic carbocycles. The van der Waals surface area contributed by atoms with E-state index in [2.05, 4.69) is 5.10 Å². The Morgan fingerprint density at radius 2 is 1.93 bits per heavy atom. The van der Waals surface area contributed by atoms with Crippen molar-refractivity contribution in [1.82, 2.24) is 9.78 Å². The van der Waals surface area contributed by atoms with Gasteiger partial charge in [-0.25, -0.2) is 13.5 Å². The standard InChI is InChI=1S/C21H18F2N2O2/c1-13(26)17-10-9-16(11-19(17)23)27-12-20-18-3-2-4-21(18)25(24-20)15-7-5-14(22)6-8-15/h5-11H,2-4,12H2,1H3. The first kappa shape index (κ1) is 17.4. The zero-order valence-corrected chi connectivity index (χ0v) is 14.8. The topological polar surface area (TPSA) is 44.1 Å². The zero-order valence-electron chi connectivity index (χ0n) is 14.8. The van der Waals surface area contributed by atoms with Crippen molar-refractivity contribution in [2.24, 2.45) is 0 Å². The average Bonchev–Trinajstić information content (AvgIpc) is 3.23. The van der Waals surface area contributed by atoms with E-state index in [1.807, 2.05) is 4.68 Å². The Balaban J connectivity index is 1.58. The lowest BCUT2D eigenvalue weighted by Crippen LogP contribution is -2.04. The maximum absolute atomic E-state index is 14.0. The average molecular weight is 368 g/mol. The highest BCUT2D eigenvalue weighted by molar-refractivity contribution is 5.94. The number of ketones is 1. The van der Waals surface area contributed by atoms with Crippen LogP contribution in [0.2, 0.25) is 0 Å². The maximum Gasteiger partial charge on any atom is 0.162 e. The maximum atomic E-state index is 14.0. The first-order valence-corrected chi connectivity index (χ1v) is 8.82. The van der Waals surface area contributed by atoms with Crippen molar-refractivity contribution < 1.29 is 18.3 Å². The summed E-state index contributed by atoms with van der Waals surface area (Å²) in [7, 11) is 0. The van der Waals surface area contributed by atoms with Gasteiger partial charge in [0.2, 0.25) is 0 Å². The van der Waals surface area contributed by atoms with E-state index in [0.717, 1.165) is 41.9 Å². The highest BCUT2D eigenvalue weighted by Gasteiger charge is 2.23. The molecule has 0 unspecified atom stereocenters. The summed E-state index contributed by atoms with van der Waals surface area (Å²) in [5.74, 6) is -0.861. The highest BCUT2D eigenvalue weighted by atomic mass is 19.1. The van der Waals surface area contributed by atoms with Gasteiger partial charge < -0.3 is 4.74 Å². The number of halogens is 2. The van der Waals surface area contributed by atoms with E-state index in [9.17, 15) is 13.6 Å². The summed E-state index contributed by atoms with van der Waals surface area (Å²) < 4.78 is 34.7. The van der Waals surface area contributed by atoms with Crippen LogP contribution in [0.25, 0.3) is 5.69 Å². The van der Waals surface area contributed by atoms with E-state index >= 15 is 0 Å². The Morgan fingerprint density at radius 3 is 2.63 bits per heavy atom. The summed E-state index contributed by atoms with van der Waals surface area (Å²) in [6.07, 6.45) is 2.85. The van der Waals surface area contributed by atoms with Gasteiger partial charge in [0.05, 0.1) is 11.3 Å². The lowest BCUT2D eigenvalue weighted by atomic mass is 10.1. The summed E-state index contributed by atoms with van der Waals surface area (Å²) in [5, 5.41) is 4.64. The lowest BCUT2D eigenvalue weighted by molar-refractivity contribution is 0.101. The lowest BCUT2D eigenvalue weighted by Gasteiger charge is -2.07. The zero-order chi connectivity index (χ0) is 19.0. The largest absolute Gasteiger partial charge is 0.487 e. The molecule has 4 rings (SSSR count). The molecule has 138 valence electrons. The molecule has 0 saturated heterocycles. The first-order valence-electron chi connectivity index (χ1n) is 8.82. The fourth-order valence-corrected chi connectivity index (χ4v) is 3.45. The molecule has 0 saturated carbocycles. The Hall–Kier alpha value is -3.02. The second kappa shape index (κ2) is 6.95. The van der Waals surface area contributed by atoms with Crippen LogP contribution in [0.15, 0.2) is 42.5 Å². The van der Waals surface area contributed by atoms with E-state index < -0.39 is 5.82 Å². The number of fused-ring (bicyclic) bond motifs is 1. The van der Waals surface area contributed by atoms with Crippen LogP contribution in [0, 0.1) is 11.6 Å². The first-order chi connectivity index (χ1) is 13.0. The number of ether oxygens (including phenoxy) is 1. The molecule has 3 aromatic rings. The van der Waals surface area contributed by atoms with Gasteiger partial charge in [0.15, 0.2) is 5.78 Å². The molecule has 0 spiro atoms. The number of aromatic nitrogens is 2. The third-order valence-electron chi connectivity index (χ3n) is 4.78. The fraction of sp³-hybridized carbons (Fsp3) is 0.238. The summed E-state index contributed by atoms with van der Waals surface area (Å²) in [5.41, 5.74) is 3.89. The van der Waals surface area contributed by atoms with Gasteiger partial charge in [-0.2, -0.15) is 5.10 Å². The molecule has 0 bridgehead atoms. The van der Waals surface area contributed by atoms with E-state index in [1.165, 1.54) is 31.2 Å². The van der Waals surface area contributed by atoms with Gasteiger partial charge in [-0.3, -0.25) is 4.79 Å². The predicted molar refractivity (Wildman–Crippen MR) is 96.3 cm³/mol. The number of hydrogen-bond donors (Lipinski definition) is 0. The normalized spacial score (nSPS) is 12.9. The third-order valence-corrected chi connectivity index (χ3v) is 4.78. The minimum Gasteiger partial charge on any atom is -0.487 e. The van der Waals surface area contributed by atoms with Crippen molar-refractivity contribution in [2.45, 2.75) is 32.8 Å². The van der Waals surface area contributed by atoms with Crippen molar-refractivity contribution in [3.63, 3.8) is 0 Å². The number of Topliss-reactive ketones (excluding diaryl/α,β-unsaturated/α-hetero) is 1.